The normalized spacial score (nSPS) is 18.4. The highest BCUT2D eigenvalue weighted by Crippen LogP contribution is 2.21. The van der Waals surface area contributed by atoms with Gasteiger partial charge in [0.2, 0.25) is 5.95 Å². The maximum atomic E-state index is 9.64. The Morgan fingerprint density at radius 1 is 1.43 bits per heavy atom. The molecule has 2 aromatic rings. The van der Waals surface area contributed by atoms with Crippen LogP contribution in [0.25, 0.3) is 0 Å². The molecule has 0 aromatic carbocycles. The Morgan fingerprint density at radius 2 is 2.26 bits per heavy atom. The van der Waals surface area contributed by atoms with Crippen LogP contribution in [0.2, 0.25) is 0 Å². The van der Waals surface area contributed by atoms with Crippen LogP contribution >= 0.6 is 0 Å². The third kappa shape index (κ3) is 3.79. The lowest BCUT2D eigenvalue weighted by Crippen LogP contribution is -2.22. The summed E-state index contributed by atoms with van der Waals surface area (Å²) in [7, 11) is 0. The summed E-state index contributed by atoms with van der Waals surface area (Å²) in [5.74, 6) is 1.43. The van der Waals surface area contributed by atoms with Gasteiger partial charge in [-0.05, 0) is 18.6 Å². The molecule has 1 saturated heterocycles. The van der Waals surface area contributed by atoms with E-state index in [1.54, 1.807) is 6.20 Å². The van der Waals surface area contributed by atoms with E-state index in [9.17, 15) is 5.11 Å². The van der Waals surface area contributed by atoms with Gasteiger partial charge in [-0.2, -0.15) is 10.1 Å². The molecule has 0 spiro atoms. The van der Waals surface area contributed by atoms with E-state index in [0.717, 1.165) is 30.2 Å². The molecule has 1 aliphatic heterocycles. The summed E-state index contributed by atoms with van der Waals surface area (Å²) in [6.07, 6.45) is 2.27. The van der Waals surface area contributed by atoms with E-state index in [1.807, 2.05) is 6.07 Å². The van der Waals surface area contributed by atoms with Crippen LogP contribution in [0.15, 0.2) is 18.3 Å². The largest absolute Gasteiger partial charge is 0.391 e. The van der Waals surface area contributed by atoms with Crippen molar-refractivity contribution in [1.29, 1.82) is 0 Å². The Hall–Kier alpha value is -2.15. The van der Waals surface area contributed by atoms with Crippen molar-refractivity contribution in [3.8, 4) is 0 Å². The zero-order chi connectivity index (χ0) is 16.4. The van der Waals surface area contributed by atoms with Crippen LogP contribution in [0.4, 0.5) is 11.8 Å². The zero-order valence-electron chi connectivity index (χ0n) is 13.9. The van der Waals surface area contributed by atoms with Gasteiger partial charge in [0.1, 0.15) is 5.82 Å². The van der Waals surface area contributed by atoms with Gasteiger partial charge in [0.15, 0.2) is 0 Å². The van der Waals surface area contributed by atoms with Crippen molar-refractivity contribution in [3.63, 3.8) is 0 Å². The van der Waals surface area contributed by atoms with Gasteiger partial charge in [-0.1, -0.05) is 20.8 Å². The molecule has 2 aromatic heterocycles. The Bertz CT molecular complexity index is 663. The minimum absolute atomic E-state index is 0.0295. The smallest absolute Gasteiger partial charge is 0.224 e. The van der Waals surface area contributed by atoms with Gasteiger partial charge in [0.05, 0.1) is 24.0 Å². The van der Waals surface area contributed by atoms with E-state index in [0.29, 0.717) is 19.0 Å². The number of hydrogen-bond donors (Lipinski definition) is 3. The molecule has 124 valence electrons. The van der Waals surface area contributed by atoms with Crippen LogP contribution < -0.4 is 10.2 Å². The van der Waals surface area contributed by atoms with E-state index in [2.05, 4.69) is 57.2 Å². The molecule has 7 heteroatoms. The molecule has 1 unspecified atom stereocenters. The Morgan fingerprint density at radius 3 is 2.91 bits per heavy atom. The van der Waals surface area contributed by atoms with Crippen molar-refractivity contribution in [2.24, 2.45) is 0 Å². The van der Waals surface area contributed by atoms with Crippen LogP contribution in [0.1, 0.15) is 38.6 Å². The monoisotopic (exact) mass is 316 g/mol. The van der Waals surface area contributed by atoms with E-state index in [1.165, 1.54) is 0 Å². The lowest BCUT2D eigenvalue weighted by molar-refractivity contribution is 0.198. The standard InChI is InChI=1S/C16H24N6O/c1-16(2,3)13-8-11(20-21-13)9-18-15-17-6-4-14(19-15)22-7-5-12(23)10-22/h4,6,8,12,23H,5,7,9-10H2,1-3H3,(H,20,21)(H,17,18,19). The molecule has 0 amide bonds. The Kier molecular flexibility index (Phi) is 4.21. The average Bonchev–Trinajstić information content (AvgIpc) is 3.14. The van der Waals surface area contributed by atoms with Gasteiger partial charge in [0.25, 0.3) is 0 Å². The molecule has 1 aliphatic rings. The van der Waals surface area contributed by atoms with Crippen LogP contribution in [-0.4, -0.2) is 44.5 Å². The second-order valence-corrected chi connectivity index (χ2v) is 7.01. The molecule has 1 atom stereocenters. The predicted molar refractivity (Wildman–Crippen MR) is 89.5 cm³/mol. The second-order valence-electron chi connectivity index (χ2n) is 7.01. The lowest BCUT2D eigenvalue weighted by Gasteiger charge is -2.16. The molecule has 0 radical (unpaired) electrons. The van der Waals surface area contributed by atoms with Crippen LogP contribution in [0, 0.1) is 0 Å². The third-order valence-electron chi connectivity index (χ3n) is 3.96. The first-order chi connectivity index (χ1) is 10.9. The minimum atomic E-state index is -0.262. The number of nitrogens with one attached hydrogen (secondary N) is 2. The van der Waals surface area contributed by atoms with Crippen molar-refractivity contribution in [1.82, 2.24) is 20.2 Å². The summed E-state index contributed by atoms with van der Waals surface area (Å²) < 4.78 is 0. The maximum absolute atomic E-state index is 9.64. The first kappa shape index (κ1) is 15.7. The maximum Gasteiger partial charge on any atom is 0.224 e. The molecular formula is C16H24N6O. The number of aliphatic hydroxyl groups is 1. The summed E-state index contributed by atoms with van der Waals surface area (Å²) in [6, 6.07) is 3.94. The van der Waals surface area contributed by atoms with Gasteiger partial charge in [-0.15, -0.1) is 0 Å². The highest BCUT2D eigenvalue weighted by molar-refractivity contribution is 5.43. The lowest BCUT2D eigenvalue weighted by atomic mass is 9.92. The summed E-state index contributed by atoms with van der Waals surface area (Å²) in [4.78, 5) is 10.8. The van der Waals surface area contributed by atoms with Crippen molar-refractivity contribution in [2.75, 3.05) is 23.3 Å². The molecule has 1 fully saturated rings. The first-order valence-corrected chi connectivity index (χ1v) is 7.96. The van der Waals surface area contributed by atoms with Gasteiger partial charge in [-0.25, -0.2) is 4.98 Å². The molecule has 7 nitrogen and oxygen atoms in total. The molecule has 3 N–H and O–H groups in total. The highest BCUT2D eigenvalue weighted by Gasteiger charge is 2.21. The molecule has 0 bridgehead atoms. The average molecular weight is 316 g/mol. The number of rotatable bonds is 4. The van der Waals surface area contributed by atoms with Crippen LogP contribution in [0.3, 0.4) is 0 Å². The topological polar surface area (TPSA) is 90.0 Å². The Balaban J connectivity index is 1.63. The fourth-order valence-electron chi connectivity index (χ4n) is 2.57. The van der Waals surface area contributed by atoms with Crippen molar-refractivity contribution >= 4 is 11.8 Å². The van der Waals surface area contributed by atoms with Crippen molar-refractivity contribution in [2.45, 2.75) is 45.3 Å². The molecule has 0 aliphatic carbocycles. The minimum Gasteiger partial charge on any atom is -0.391 e. The number of H-pyrrole nitrogens is 1. The van der Waals surface area contributed by atoms with Gasteiger partial charge < -0.3 is 15.3 Å². The summed E-state index contributed by atoms with van der Waals surface area (Å²) >= 11 is 0. The first-order valence-electron chi connectivity index (χ1n) is 7.96. The van der Waals surface area contributed by atoms with Crippen molar-refractivity contribution in [3.05, 3.63) is 29.7 Å². The number of hydrogen-bond acceptors (Lipinski definition) is 6. The number of aromatic nitrogens is 4. The van der Waals surface area contributed by atoms with E-state index >= 15 is 0 Å². The zero-order valence-corrected chi connectivity index (χ0v) is 13.9. The highest BCUT2D eigenvalue weighted by atomic mass is 16.3. The number of β-amino-alcohol motifs (C(OH)–C–C–N with tert-alkyl or cyclic N) is 1. The molecule has 3 heterocycles. The van der Waals surface area contributed by atoms with Crippen molar-refractivity contribution < 1.29 is 5.11 Å². The summed E-state index contributed by atoms with van der Waals surface area (Å²) in [6.45, 7) is 8.46. The summed E-state index contributed by atoms with van der Waals surface area (Å²) in [5.41, 5.74) is 2.07. The van der Waals surface area contributed by atoms with E-state index in [4.69, 9.17) is 0 Å². The Labute approximate surface area is 136 Å². The van der Waals surface area contributed by atoms with Gasteiger partial charge in [0, 0.05) is 24.7 Å². The fraction of sp³-hybridized carbons (Fsp3) is 0.562. The van der Waals surface area contributed by atoms with E-state index < -0.39 is 0 Å². The SMILES string of the molecule is CC(C)(C)c1cc(CNc2nccc(N3CCC(O)C3)n2)[nH]n1. The third-order valence-corrected chi connectivity index (χ3v) is 3.96. The predicted octanol–water partition coefficient (Wildman–Crippen LogP) is 1.68. The number of aliphatic hydroxyl groups excluding tert-OH is 1. The molecule has 0 saturated carbocycles. The van der Waals surface area contributed by atoms with Gasteiger partial charge in [-0.3, -0.25) is 5.10 Å². The molecule has 3 rings (SSSR count). The van der Waals surface area contributed by atoms with Gasteiger partial charge >= 0.3 is 0 Å². The number of nitrogens with zero attached hydrogens (tertiary/aromatic N) is 4. The second kappa shape index (κ2) is 6.16. The van der Waals surface area contributed by atoms with E-state index in [-0.39, 0.29) is 11.5 Å². The van der Waals surface area contributed by atoms with Crippen LogP contribution in [0.5, 0.6) is 0 Å². The summed E-state index contributed by atoms with van der Waals surface area (Å²) in [5, 5.41) is 20.2. The number of aromatic amines is 1. The quantitative estimate of drug-likeness (QED) is 0.795. The van der Waals surface area contributed by atoms with Crippen LogP contribution in [-0.2, 0) is 12.0 Å². The number of anilines is 2. The molecular weight excluding hydrogens is 292 g/mol. The fourth-order valence-corrected chi connectivity index (χ4v) is 2.57. The molecule has 23 heavy (non-hydrogen) atoms.